The molecule has 0 fully saturated rings. The van der Waals surface area contributed by atoms with Gasteiger partial charge in [0.05, 0.1) is 19.6 Å². The van der Waals surface area contributed by atoms with Crippen LogP contribution in [-0.4, -0.2) is 42.0 Å². The minimum Gasteiger partial charge on any atom is -0.469 e. The summed E-state index contributed by atoms with van der Waals surface area (Å²) >= 11 is 3.33. The summed E-state index contributed by atoms with van der Waals surface area (Å²) in [6.45, 7) is 5.06. The Balaban J connectivity index is 2.29. The van der Waals surface area contributed by atoms with Crippen molar-refractivity contribution in [2.45, 2.75) is 38.8 Å². The van der Waals surface area contributed by atoms with E-state index in [0.717, 1.165) is 4.47 Å². The lowest BCUT2D eigenvalue weighted by atomic mass is 10.0. The zero-order chi connectivity index (χ0) is 18.1. The van der Waals surface area contributed by atoms with Crippen LogP contribution in [0.4, 0.5) is 0 Å². The lowest BCUT2D eigenvalue weighted by Gasteiger charge is -2.26. The molecule has 1 unspecified atom stereocenters. The lowest BCUT2D eigenvalue weighted by molar-refractivity contribution is -0.156. The average molecular weight is 398 g/mol. The SMILES string of the molecule is COC(=O)CC1c2ccc(Br)cc2C(=O)N1CC(=O)OC(C)(C)C. The van der Waals surface area contributed by atoms with Gasteiger partial charge < -0.3 is 14.4 Å². The molecule has 1 aromatic rings. The Morgan fingerprint density at radius 1 is 1.25 bits per heavy atom. The second-order valence-electron chi connectivity index (χ2n) is 6.55. The Hall–Kier alpha value is -1.89. The molecule has 0 N–H and O–H groups in total. The summed E-state index contributed by atoms with van der Waals surface area (Å²) in [5.74, 6) is -1.26. The molecule has 1 atom stereocenters. The monoisotopic (exact) mass is 397 g/mol. The van der Waals surface area contributed by atoms with Gasteiger partial charge in [0.1, 0.15) is 12.1 Å². The van der Waals surface area contributed by atoms with Gasteiger partial charge in [0.2, 0.25) is 0 Å². The molecule has 0 bridgehead atoms. The third kappa shape index (κ3) is 4.14. The molecular weight excluding hydrogens is 378 g/mol. The van der Waals surface area contributed by atoms with Crippen LogP contribution in [0.25, 0.3) is 0 Å². The van der Waals surface area contributed by atoms with Crippen molar-refractivity contribution >= 4 is 33.8 Å². The summed E-state index contributed by atoms with van der Waals surface area (Å²) in [5.41, 5.74) is 0.534. The maximum atomic E-state index is 12.7. The van der Waals surface area contributed by atoms with E-state index in [0.29, 0.717) is 11.1 Å². The van der Waals surface area contributed by atoms with E-state index < -0.39 is 23.6 Å². The van der Waals surface area contributed by atoms with Crippen LogP contribution >= 0.6 is 15.9 Å². The van der Waals surface area contributed by atoms with Crippen molar-refractivity contribution < 1.29 is 23.9 Å². The first-order valence-electron chi connectivity index (χ1n) is 7.51. The van der Waals surface area contributed by atoms with Crippen LogP contribution in [0.15, 0.2) is 22.7 Å². The van der Waals surface area contributed by atoms with Crippen molar-refractivity contribution in [2.24, 2.45) is 0 Å². The van der Waals surface area contributed by atoms with Gasteiger partial charge in [-0.1, -0.05) is 22.0 Å². The number of carbonyl (C=O) groups is 3. The summed E-state index contributed by atoms with van der Waals surface area (Å²) in [6, 6.07) is 4.73. The van der Waals surface area contributed by atoms with Gasteiger partial charge in [-0.05, 0) is 38.5 Å². The zero-order valence-electron chi connectivity index (χ0n) is 14.1. The van der Waals surface area contributed by atoms with E-state index in [9.17, 15) is 14.4 Å². The van der Waals surface area contributed by atoms with Gasteiger partial charge in [0.25, 0.3) is 5.91 Å². The minimum atomic E-state index is -0.645. The van der Waals surface area contributed by atoms with Gasteiger partial charge in [0, 0.05) is 10.0 Å². The van der Waals surface area contributed by atoms with E-state index in [1.165, 1.54) is 12.0 Å². The highest BCUT2D eigenvalue weighted by atomic mass is 79.9. The molecule has 1 aromatic carbocycles. The summed E-state index contributed by atoms with van der Waals surface area (Å²) in [5, 5.41) is 0. The molecule has 0 radical (unpaired) electrons. The summed E-state index contributed by atoms with van der Waals surface area (Å²) in [7, 11) is 1.29. The predicted octanol–water partition coefficient (Wildman–Crippen LogP) is 2.85. The highest BCUT2D eigenvalue weighted by Crippen LogP contribution is 2.37. The molecular formula is C17H20BrNO5. The molecule has 0 aromatic heterocycles. The number of nitrogens with zero attached hydrogens (tertiary/aromatic N) is 1. The van der Waals surface area contributed by atoms with E-state index in [-0.39, 0.29) is 18.9 Å². The third-order valence-corrected chi connectivity index (χ3v) is 4.04. The van der Waals surface area contributed by atoms with Crippen LogP contribution in [0.3, 0.4) is 0 Å². The molecule has 130 valence electrons. The van der Waals surface area contributed by atoms with Crippen LogP contribution < -0.4 is 0 Å². The number of hydrogen-bond acceptors (Lipinski definition) is 5. The van der Waals surface area contributed by atoms with Crippen molar-refractivity contribution in [3.05, 3.63) is 33.8 Å². The zero-order valence-corrected chi connectivity index (χ0v) is 15.7. The smallest absolute Gasteiger partial charge is 0.326 e. The fourth-order valence-electron chi connectivity index (χ4n) is 2.62. The molecule has 0 saturated heterocycles. The van der Waals surface area contributed by atoms with E-state index in [2.05, 4.69) is 15.9 Å². The fraction of sp³-hybridized carbons (Fsp3) is 0.471. The maximum absolute atomic E-state index is 12.7. The Morgan fingerprint density at radius 3 is 2.50 bits per heavy atom. The molecule has 0 spiro atoms. The first-order valence-corrected chi connectivity index (χ1v) is 8.31. The van der Waals surface area contributed by atoms with Crippen molar-refractivity contribution in [2.75, 3.05) is 13.7 Å². The van der Waals surface area contributed by atoms with Gasteiger partial charge in [-0.15, -0.1) is 0 Å². The molecule has 1 aliphatic heterocycles. The standard InChI is InChI=1S/C17H20BrNO5/c1-17(2,3)24-15(21)9-19-13(8-14(20)23-4)11-6-5-10(18)7-12(11)16(19)22/h5-7,13H,8-9H2,1-4H3. The average Bonchev–Trinajstić information content (AvgIpc) is 2.70. The van der Waals surface area contributed by atoms with Crippen LogP contribution in [0.1, 0.15) is 49.2 Å². The number of hydrogen-bond donors (Lipinski definition) is 0. The van der Waals surface area contributed by atoms with Gasteiger partial charge in [-0.2, -0.15) is 0 Å². The first kappa shape index (κ1) is 18.4. The molecule has 1 amide bonds. The Kier molecular flexibility index (Phi) is 5.32. The lowest BCUT2D eigenvalue weighted by Crippen LogP contribution is -2.37. The first-order chi connectivity index (χ1) is 11.1. The number of methoxy groups -OCH3 is 1. The summed E-state index contributed by atoms with van der Waals surface area (Å²) < 4.78 is 10.8. The number of benzene rings is 1. The summed E-state index contributed by atoms with van der Waals surface area (Å²) in [6.07, 6.45) is -0.0142. The van der Waals surface area contributed by atoms with Gasteiger partial charge >= 0.3 is 11.9 Å². The van der Waals surface area contributed by atoms with E-state index in [4.69, 9.17) is 9.47 Å². The second kappa shape index (κ2) is 6.93. The number of carbonyl (C=O) groups excluding carboxylic acids is 3. The van der Waals surface area contributed by atoms with Crippen molar-refractivity contribution in [1.29, 1.82) is 0 Å². The Morgan fingerprint density at radius 2 is 1.92 bits per heavy atom. The largest absolute Gasteiger partial charge is 0.469 e. The normalized spacial score (nSPS) is 16.8. The predicted molar refractivity (Wildman–Crippen MR) is 90.4 cm³/mol. The quantitative estimate of drug-likeness (QED) is 0.730. The van der Waals surface area contributed by atoms with Crippen LogP contribution in [-0.2, 0) is 19.1 Å². The van der Waals surface area contributed by atoms with Crippen LogP contribution in [0, 0.1) is 0 Å². The van der Waals surface area contributed by atoms with Crippen molar-refractivity contribution in [1.82, 2.24) is 4.90 Å². The fourth-order valence-corrected chi connectivity index (χ4v) is 2.99. The molecule has 1 aliphatic rings. The van der Waals surface area contributed by atoms with Gasteiger partial charge in [-0.25, -0.2) is 0 Å². The number of halogens is 1. The number of fused-ring (bicyclic) bond motifs is 1. The van der Waals surface area contributed by atoms with E-state index >= 15 is 0 Å². The van der Waals surface area contributed by atoms with E-state index in [1.807, 2.05) is 0 Å². The topological polar surface area (TPSA) is 72.9 Å². The Labute approximate surface area is 149 Å². The minimum absolute atomic E-state index is 0.0142. The number of ether oxygens (including phenoxy) is 2. The molecule has 6 nitrogen and oxygen atoms in total. The molecule has 1 heterocycles. The summed E-state index contributed by atoms with van der Waals surface area (Å²) in [4.78, 5) is 37.9. The van der Waals surface area contributed by atoms with Crippen molar-refractivity contribution in [3.8, 4) is 0 Å². The van der Waals surface area contributed by atoms with Gasteiger partial charge in [-0.3, -0.25) is 14.4 Å². The second-order valence-corrected chi connectivity index (χ2v) is 7.46. The molecule has 7 heteroatoms. The van der Waals surface area contributed by atoms with Crippen LogP contribution in [0.5, 0.6) is 0 Å². The number of esters is 2. The maximum Gasteiger partial charge on any atom is 0.326 e. The van der Waals surface area contributed by atoms with Crippen LogP contribution in [0.2, 0.25) is 0 Å². The molecule has 0 saturated carbocycles. The number of rotatable bonds is 4. The van der Waals surface area contributed by atoms with E-state index in [1.54, 1.807) is 39.0 Å². The highest BCUT2D eigenvalue weighted by Gasteiger charge is 2.39. The van der Waals surface area contributed by atoms with Crippen molar-refractivity contribution in [3.63, 3.8) is 0 Å². The molecule has 0 aliphatic carbocycles. The molecule has 2 rings (SSSR count). The number of amides is 1. The third-order valence-electron chi connectivity index (χ3n) is 3.55. The van der Waals surface area contributed by atoms with Gasteiger partial charge in [0.15, 0.2) is 0 Å². The highest BCUT2D eigenvalue weighted by molar-refractivity contribution is 9.10. The molecule has 24 heavy (non-hydrogen) atoms. The Bertz CT molecular complexity index is 680.